The third-order valence-corrected chi connectivity index (χ3v) is 3.36. The van der Waals surface area contributed by atoms with Crippen molar-refractivity contribution in [2.45, 2.75) is 6.92 Å². The minimum atomic E-state index is 0.297. The Hall–Kier alpha value is -3.07. The van der Waals surface area contributed by atoms with Crippen LogP contribution in [0.4, 0.5) is 5.82 Å². The van der Waals surface area contributed by atoms with Gasteiger partial charge >= 0.3 is 0 Å². The van der Waals surface area contributed by atoms with Gasteiger partial charge < -0.3 is 10.5 Å². The van der Waals surface area contributed by atoms with Crippen molar-refractivity contribution in [3.05, 3.63) is 41.7 Å². The minimum absolute atomic E-state index is 0.297. The molecular weight excluding hydrogens is 266 g/mol. The SMILES string of the molecule is COc1ccc(-c2c(C)nn3c(N)c(C#N)cnc23)cc1. The summed E-state index contributed by atoms with van der Waals surface area (Å²) in [6.45, 7) is 1.89. The van der Waals surface area contributed by atoms with Crippen LogP contribution in [0.15, 0.2) is 30.5 Å². The number of methoxy groups -OCH3 is 1. The van der Waals surface area contributed by atoms with Crippen LogP contribution in [0.5, 0.6) is 5.75 Å². The van der Waals surface area contributed by atoms with Crippen LogP contribution in [0, 0.1) is 18.3 Å². The number of hydrogen-bond donors (Lipinski definition) is 1. The Kier molecular flexibility index (Phi) is 2.95. The number of rotatable bonds is 2. The molecule has 0 aliphatic rings. The molecule has 0 bridgehead atoms. The number of ether oxygens (including phenoxy) is 1. The normalized spacial score (nSPS) is 10.5. The molecule has 0 amide bonds. The van der Waals surface area contributed by atoms with E-state index in [2.05, 4.69) is 10.1 Å². The molecule has 104 valence electrons. The molecular formula is C15H13N5O. The van der Waals surface area contributed by atoms with Gasteiger partial charge in [0.1, 0.15) is 23.2 Å². The maximum absolute atomic E-state index is 9.00. The standard InChI is InChI=1S/C15H13N5O/c1-9-13(10-3-5-12(21-2)6-4-10)15-18-8-11(7-16)14(17)20(15)19-9/h3-6,8H,17H2,1-2H3. The van der Waals surface area contributed by atoms with Crippen LogP contribution >= 0.6 is 0 Å². The van der Waals surface area contributed by atoms with Gasteiger partial charge in [0, 0.05) is 5.56 Å². The highest BCUT2D eigenvalue weighted by Gasteiger charge is 2.16. The average Bonchev–Trinajstić information content (AvgIpc) is 2.85. The van der Waals surface area contributed by atoms with E-state index < -0.39 is 0 Å². The summed E-state index contributed by atoms with van der Waals surface area (Å²) in [4.78, 5) is 4.32. The van der Waals surface area contributed by atoms with Crippen LogP contribution in [0.25, 0.3) is 16.8 Å². The molecule has 0 unspecified atom stereocenters. The molecule has 0 saturated heterocycles. The van der Waals surface area contributed by atoms with Crippen molar-refractivity contribution in [2.24, 2.45) is 0 Å². The Bertz CT molecular complexity index is 858. The summed E-state index contributed by atoms with van der Waals surface area (Å²) in [5.74, 6) is 1.08. The molecule has 0 aliphatic heterocycles. The van der Waals surface area contributed by atoms with E-state index in [0.717, 1.165) is 22.6 Å². The topological polar surface area (TPSA) is 89.2 Å². The van der Waals surface area contributed by atoms with Crippen molar-refractivity contribution < 1.29 is 4.74 Å². The number of nitrogens with two attached hydrogens (primary N) is 1. The number of nitrogen functional groups attached to an aromatic ring is 1. The minimum Gasteiger partial charge on any atom is -0.497 e. The Balaban J connectivity index is 2.25. The second-order valence-electron chi connectivity index (χ2n) is 4.59. The van der Waals surface area contributed by atoms with Crippen LogP contribution in [0.3, 0.4) is 0 Å². The number of nitriles is 1. The predicted molar refractivity (Wildman–Crippen MR) is 78.8 cm³/mol. The van der Waals surface area contributed by atoms with Crippen molar-refractivity contribution in [2.75, 3.05) is 12.8 Å². The van der Waals surface area contributed by atoms with Crippen LogP contribution in [0.2, 0.25) is 0 Å². The molecule has 2 heterocycles. The molecule has 1 aromatic carbocycles. The Morgan fingerprint density at radius 1 is 1.29 bits per heavy atom. The molecule has 0 atom stereocenters. The maximum Gasteiger partial charge on any atom is 0.165 e. The fraction of sp³-hybridized carbons (Fsp3) is 0.133. The molecule has 0 saturated carbocycles. The van der Waals surface area contributed by atoms with Gasteiger partial charge in [-0.2, -0.15) is 14.9 Å². The number of aromatic nitrogens is 3. The molecule has 21 heavy (non-hydrogen) atoms. The highest BCUT2D eigenvalue weighted by Crippen LogP contribution is 2.29. The van der Waals surface area contributed by atoms with E-state index in [9.17, 15) is 0 Å². The van der Waals surface area contributed by atoms with Crippen LogP contribution in [0.1, 0.15) is 11.3 Å². The van der Waals surface area contributed by atoms with Gasteiger partial charge in [0.25, 0.3) is 0 Å². The lowest BCUT2D eigenvalue weighted by molar-refractivity contribution is 0.415. The zero-order valence-electron chi connectivity index (χ0n) is 11.7. The molecule has 6 nitrogen and oxygen atoms in total. The molecule has 0 spiro atoms. The Morgan fingerprint density at radius 2 is 2.00 bits per heavy atom. The zero-order valence-corrected chi connectivity index (χ0v) is 11.7. The first-order valence-electron chi connectivity index (χ1n) is 6.34. The first-order valence-corrected chi connectivity index (χ1v) is 6.34. The molecule has 6 heteroatoms. The van der Waals surface area contributed by atoms with Crippen molar-refractivity contribution >= 4 is 11.5 Å². The van der Waals surface area contributed by atoms with Crippen molar-refractivity contribution in [3.63, 3.8) is 0 Å². The van der Waals surface area contributed by atoms with E-state index in [1.165, 1.54) is 10.7 Å². The monoisotopic (exact) mass is 279 g/mol. The van der Waals surface area contributed by atoms with Crippen LogP contribution in [-0.2, 0) is 0 Å². The van der Waals surface area contributed by atoms with Gasteiger partial charge in [0.2, 0.25) is 0 Å². The molecule has 3 aromatic rings. The van der Waals surface area contributed by atoms with Crippen molar-refractivity contribution in [1.29, 1.82) is 5.26 Å². The van der Waals surface area contributed by atoms with Gasteiger partial charge in [-0.05, 0) is 24.6 Å². The molecule has 2 aromatic heterocycles. The van der Waals surface area contributed by atoms with E-state index in [-0.39, 0.29) is 0 Å². The van der Waals surface area contributed by atoms with Crippen molar-refractivity contribution in [1.82, 2.24) is 14.6 Å². The number of nitrogens with zero attached hydrogens (tertiary/aromatic N) is 4. The van der Waals surface area contributed by atoms with Gasteiger partial charge in [-0.25, -0.2) is 4.98 Å². The number of hydrogen-bond acceptors (Lipinski definition) is 5. The lowest BCUT2D eigenvalue weighted by Crippen LogP contribution is -2.03. The number of fused-ring (bicyclic) bond motifs is 1. The van der Waals surface area contributed by atoms with Gasteiger partial charge in [0.15, 0.2) is 5.65 Å². The van der Waals surface area contributed by atoms with Gasteiger partial charge in [-0.1, -0.05) is 12.1 Å². The molecule has 0 radical (unpaired) electrons. The number of anilines is 1. The predicted octanol–water partition coefficient (Wildman–Crippen LogP) is 2.17. The first-order chi connectivity index (χ1) is 10.2. The summed E-state index contributed by atoms with van der Waals surface area (Å²) in [5.41, 5.74) is 9.57. The largest absolute Gasteiger partial charge is 0.497 e. The first kappa shape index (κ1) is 12.9. The Labute approximate surface area is 121 Å². The summed E-state index contributed by atoms with van der Waals surface area (Å²) in [6.07, 6.45) is 1.47. The molecule has 0 aliphatic carbocycles. The third-order valence-electron chi connectivity index (χ3n) is 3.36. The highest BCUT2D eigenvalue weighted by molar-refractivity contribution is 5.81. The molecule has 2 N–H and O–H groups in total. The van der Waals surface area contributed by atoms with Gasteiger partial charge in [-0.3, -0.25) is 0 Å². The third kappa shape index (κ3) is 1.96. The highest BCUT2D eigenvalue weighted by atomic mass is 16.5. The van der Waals surface area contributed by atoms with E-state index in [1.54, 1.807) is 7.11 Å². The second-order valence-corrected chi connectivity index (χ2v) is 4.59. The zero-order chi connectivity index (χ0) is 15.0. The lowest BCUT2D eigenvalue weighted by Gasteiger charge is -2.04. The second kappa shape index (κ2) is 4.80. The van der Waals surface area contributed by atoms with Crippen molar-refractivity contribution in [3.8, 4) is 22.9 Å². The average molecular weight is 279 g/mol. The van der Waals surface area contributed by atoms with Gasteiger partial charge in [-0.15, -0.1) is 0 Å². The quantitative estimate of drug-likeness (QED) is 0.776. The summed E-state index contributed by atoms with van der Waals surface area (Å²) in [5, 5.41) is 13.4. The van der Waals surface area contributed by atoms with Crippen LogP contribution < -0.4 is 10.5 Å². The van der Waals surface area contributed by atoms with E-state index >= 15 is 0 Å². The summed E-state index contributed by atoms with van der Waals surface area (Å²) < 4.78 is 6.67. The maximum atomic E-state index is 9.00. The number of aryl methyl sites for hydroxylation is 1. The summed E-state index contributed by atoms with van der Waals surface area (Å²) >= 11 is 0. The van der Waals surface area contributed by atoms with E-state index in [1.807, 2.05) is 37.3 Å². The van der Waals surface area contributed by atoms with E-state index in [4.69, 9.17) is 15.7 Å². The van der Waals surface area contributed by atoms with Crippen LogP contribution in [-0.4, -0.2) is 21.7 Å². The Morgan fingerprint density at radius 3 is 2.62 bits per heavy atom. The fourth-order valence-electron chi connectivity index (χ4n) is 2.29. The number of benzene rings is 1. The van der Waals surface area contributed by atoms with Gasteiger partial charge in [0.05, 0.1) is 19.0 Å². The summed E-state index contributed by atoms with van der Waals surface area (Å²) in [7, 11) is 1.63. The van der Waals surface area contributed by atoms with E-state index in [0.29, 0.717) is 17.0 Å². The fourth-order valence-corrected chi connectivity index (χ4v) is 2.29. The molecule has 0 fully saturated rings. The summed E-state index contributed by atoms with van der Waals surface area (Å²) in [6, 6.07) is 9.65. The lowest BCUT2D eigenvalue weighted by atomic mass is 10.1. The molecule has 3 rings (SSSR count). The smallest absolute Gasteiger partial charge is 0.165 e.